The SMILES string of the molecule is Cc1ccc(S(=O)(=O)NNc2ncnc(NC(C)(C)C)c2[N+](=O)[O-])cc1. The molecule has 2 aromatic rings. The second kappa shape index (κ2) is 7.22. The molecule has 140 valence electrons. The lowest BCUT2D eigenvalue weighted by Gasteiger charge is -2.21. The number of hydrazine groups is 1. The van der Waals surface area contributed by atoms with Gasteiger partial charge in [0, 0.05) is 5.54 Å². The number of benzene rings is 1. The van der Waals surface area contributed by atoms with Gasteiger partial charge in [-0.25, -0.2) is 18.4 Å². The van der Waals surface area contributed by atoms with Gasteiger partial charge in [0.05, 0.1) is 9.82 Å². The average molecular weight is 380 g/mol. The predicted octanol–water partition coefficient (Wildman–Crippen LogP) is 2.21. The smallest absolute Gasteiger partial charge is 0.354 e. The normalized spacial score (nSPS) is 11.8. The third kappa shape index (κ3) is 4.86. The summed E-state index contributed by atoms with van der Waals surface area (Å²) < 4.78 is 24.6. The van der Waals surface area contributed by atoms with Crippen molar-refractivity contribution in [1.82, 2.24) is 14.8 Å². The number of hydrogen-bond donors (Lipinski definition) is 3. The molecule has 0 aliphatic carbocycles. The number of nitrogens with zero attached hydrogens (tertiary/aromatic N) is 3. The van der Waals surface area contributed by atoms with Crippen LogP contribution in [0.2, 0.25) is 0 Å². The maximum Gasteiger partial charge on any atom is 0.354 e. The Kier molecular flexibility index (Phi) is 5.42. The minimum absolute atomic E-state index is 0.0142. The third-order valence-electron chi connectivity index (χ3n) is 3.13. The molecular formula is C15H20N6O4S. The van der Waals surface area contributed by atoms with Crippen LogP contribution < -0.4 is 15.6 Å². The molecule has 0 spiro atoms. The topological polar surface area (TPSA) is 139 Å². The van der Waals surface area contributed by atoms with E-state index in [2.05, 4.69) is 25.5 Å². The van der Waals surface area contributed by atoms with Crippen molar-refractivity contribution >= 4 is 27.3 Å². The molecule has 0 aliphatic heterocycles. The largest absolute Gasteiger partial charge is 0.360 e. The van der Waals surface area contributed by atoms with Crippen molar-refractivity contribution in [3.8, 4) is 0 Å². The average Bonchev–Trinajstić information content (AvgIpc) is 2.51. The van der Waals surface area contributed by atoms with Crippen molar-refractivity contribution in [3.05, 3.63) is 46.3 Å². The van der Waals surface area contributed by atoms with Crippen LogP contribution in [-0.2, 0) is 10.0 Å². The monoisotopic (exact) mass is 380 g/mol. The van der Waals surface area contributed by atoms with Gasteiger partial charge in [-0.2, -0.15) is 0 Å². The molecule has 3 N–H and O–H groups in total. The van der Waals surface area contributed by atoms with Crippen molar-refractivity contribution in [2.45, 2.75) is 38.1 Å². The molecule has 1 aromatic heterocycles. The standard InChI is InChI=1S/C15H20N6O4S/c1-10-5-7-11(8-6-10)26(24,25)20-19-14-12(21(22)23)13(16-9-17-14)18-15(2,3)4/h5-9,20H,1-4H3,(H2,16,17,18,19). The first-order chi connectivity index (χ1) is 12.0. The van der Waals surface area contributed by atoms with Crippen LogP contribution in [0, 0.1) is 17.0 Å². The number of nitro groups is 1. The highest BCUT2D eigenvalue weighted by Crippen LogP contribution is 2.30. The first kappa shape index (κ1) is 19.5. The molecule has 0 atom stereocenters. The third-order valence-corrected chi connectivity index (χ3v) is 4.40. The second-order valence-corrected chi connectivity index (χ2v) is 8.28. The van der Waals surface area contributed by atoms with Gasteiger partial charge < -0.3 is 5.32 Å². The number of nitrogens with one attached hydrogen (secondary N) is 3. The Morgan fingerprint density at radius 2 is 1.65 bits per heavy atom. The van der Waals surface area contributed by atoms with Gasteiger partial charge in [-0.15, -0.1) is 4.83 Å². The van der Waals surface area contributed by atoms with Crippen LogP contribution in [0.15, 0.2) is 35.5 Å². The summed E-state index contributed by atoms with van der Waals surface area (Å²) in [6.07, 6.45) is 1.10. The molecular weight excluding hydrogens is 360 g/mol. The Balaban J connectivity index is 2.30. The van der Waals surface area contributed by atoms with Gasteiger partial charge in [-0.3, -0.25) is 15.5 Å². The Hall–Kier alpha value is -2.79. The van der Waals surface area contributed by atoms with E-state index in [9.17, 15) is 18.5 Å². The van der Waals surface area contributed by atoms with Crippen LogP contribution in [0.25, 0.3) is 0 Å². The second-order valence-electron chi connectivity index (χ2n) is 6.60. The molecule has 1 aromatic carbocycles. The molecule has 1 heterocycles. The summed E-state index contributed by atoms with van der Waals surface area (Å²) in [7, 11) is -3.93. The highest BCUT2D eigenvalue weighted by molar-refractivity contribution is 7.89. The van der Waals surface area contributed by atoms with E-state index in [0.29, 0.717) is 0 Å². The Morgan fingerprint density at radius 3 is 2.19 bits per heavy atom. The Morgan fingerprint density at radius 1 is 1.08 bits per heavy atom. The van der Waals surface area contributed by atoms with Crippen molar-refractivity contribution in [1.29, 1.82) is 0 Å². The van der Waals surface area contributed by atoms with Crippen LogP contribution in [0.4, 0.5) is 17.3 Å². The van der Waals surface area contributed by atoms with Gasteiger partial charge in [0.15, 0.2) is 0 Å². The van der Waals surface area contributed by atoms with E-state index < -0.39 is 26.2 Å². The summed E-state index contributed by atoms with van der Waals surface area (Å²) in [5.41, 5.74) is 2.26. The van der Waals surface area contributed by atoms with E-state index in [1.165, 1.54) is 12.1 Å². The predicted molar refractivity (Wildman–Crippen MR) is 97.2 cm³/mol. The molecule has 0 unspecified atom stereocenters. The summed E-state index contributed by atoms with van der Waals surface area (Å²) in [6, 6.07) is 6.15. The lowest BCUT2D eigenvalue weighted by molar-refractivity contribution is -0.383. The fraction of sp³-hybridized carbons (Fsp3) is 0.333. The maximum absolute atomic E-state index is 12.3. The molecule has 0 amide bonds. The number of aryl methyl sites for hydroxylation is 1. The van der Waals surface area contributed by atoms with E-state index in [4.69, 9.17) is 0 Å². The Labute approximate surface area is 151 Å². The van der Waals surface area contributed by atoms with E-state index in [1.807, 2.05) is 27.7 Å². The first-order valence-corrected chi connectivity index (χ1v) is 9.10. The lowest BCUT2D eigenvalue weighted by Crippen LogP contribution is -2.31. The van der Waals surface area contributed by atoms with Gasteiger partial charge in [0.1, 0.15) is 6.33 Å². The van der Waals surface area contributed by atoms with Gasteiger partial charge in [-0.05, 0) is 39.8 Å². The number of rotatable bonds is 6. The molecule has 11 heteroatoms. The van der Waals surface area contributed by atoms with E-state index >= 15 is 0 Å². The van der Waals surface area contributed by atoms with Crippen LogP contribution in [0.5, 0.6) is 0 Å². The zero-order valence-corrected chi connectivity index (χ0v) is 15.6. The Bertz CT molecular complexity index is 907. The highest BCUT2D eigenvalue weighted by Gasteiger charge is 2.26. The quantitative estimate of drug-likeness (QED) is 0.512. The van der Waals surface area contributed by atoms with E-state index in [1.54, 1.807) is 12.1 Å². The first-order valence-electron chi connectivity index (χ1n) is 7.62. The summed E-state index contributed by atoms with van der Waals surface area (Å²) in [6.45, 7) is 7.26. The van der Waals surface area contributed by atoms with Crippen molar-refractivity contribution < 1.29 is 13.3 Å². The van der Waals surface area contributed by atoms with Gasteiger partial charge in [-0.1, -0.05) is 17.7 Å². The number of aromatic nitrogens is 2. The van der Waals surface area contributed by atoms with E-state index in [0.717, 1.165) is 11.9 Å². The van der Waals surface area contributed by atoms with Crippen LogP contribution >= 0.6 is 0 Å². The molecule has 0 fully saturated rings. The molecule has 0 saturated heterocycles. The minimum Gasteiger partial charge on any atom is -0.360 e. The molecule has 0 bridgehead atoms. The zero-order chi connectivity index (χ0) is 19.5. The zero-order valence-electron chi connectivity index (χ0n) is 14.8. The summed E-state index contributed by atoms with van der Waals surface area (Å²) in [5.74, 6) is -0.290. The number of anilines is 2. The summed E-state index contributed by atoms with van der Waals surface area (Å²) >= 11 is 0. The van der Waals surface area contributed by atoms with Crippen LogP contribution in [-0.4, -0.2) is 28.8 Å². The number of sulfonamides is 1. The fourth-order valence-corrected chi connectivity index (χ4v) is 2.83. The lowest BCUT2D eigenvalue weighted by atomic mass is 10.1. The molecule has 0 aliphatic rings. The number of hydrogen-bond acceptors (Lipinski definition) is 8. The van der Waals surface area contributed by atoms with E-state index in [-0.39, 0.29) is 16.5 Å². The maximum atomic E-state index is 12.3. The van der Waals surface area contributed by atoms with Gasteiger partial charge in [0.2, 0.25) is 11.6 Å². The van der Waals surface area contributed by atoms with Crippen molar-refractivity contribution in [3.63, 3.8) is 0 Å². The van der Waals surface area contributed by atoms with Crippen molar-refractivity contribution in [2.75, 3.05) is 10.7 Å². The van der Waals surface area contributed by atoms with Crippen LogP contribution in [0.3, 0.4) is 0 Å². The highest BCUT2D eigenvalue weighted by atomic mass is 32.2. The van der Waals surface area contributed by atoms with Gasteiger partial charge >= 0.3 is 5.69 Å². The summed E-state index contributed by atoms with van der Waals surface area (Å²) in [4.78, 5) is 20.5. The van der Waals surface area contributed by atoms with Gasteiger partial charge in [0.25, 0.3) is 10.0 Å². The molecule has 0 radical (unpaired) electrons. The molecule has 0 saturated carbocycles. The summed E-state index contributed by atoms with van der Waals surface area (Å²) in [5, 5.41) is 14.3. The molecule has 26 heavy (non-hydrogen) atoms. The minimum atomic E-state index is -3.93. The molecule has 2 rings (SSSR count). The van der Waals surface area contributed by atoms with Crippen molar-refractivity contribution in [2.24, 2.45) is 0 Å². The van der Waals surface area contributed by atoms with Crippen LogP contribution in [0.1, 0.15) is 26.3 Å². The molecule has 10 nitrogen and oxygen atoms in total. The fourth-order valence-electron chi connectivity index (χ4n) is 1.98.